The van der Waals surface area contributed by atoms with Crippen LogP contribution >= 0.6 is 0 Å². The van der Waals surface area contributed by atoms with Crippen LogP contribution in [0.25, 0.3) is 0 Å². The number of nitrogens with two attached hydrogens (primary N) is 1. The van der Waals surface area contributed by atoms with E-state index < -0.39 is 0 Å². The van der Waals surface area contributed by atoms with Gasteiger partial charge in [0.1, 0.15) is 0 Å². The largest absolute Gasteiger partial charge is 0.330 e. The Morgan fingerprint density at radius 3 is 2.53 bits per heavy atom. The fraction of sp³-hybridized carbons (Fsp3) is 0.647. The van der Waals surface area contributed by atoms with Gasteiger partial charge in [-0.2, -0.15) is 0 Å². The third-order valence-corrected chi connectivity index (χ3v) is 5.18. The van der Waals surface area contributed by atoms with Crippen molar-refractivity contribution >= 4 is 0 Å². The molecule has 2 heteroatoms. The average Bonchev–Trinajstić information content (AvgIpc) is 3.35. The molecule has 0 aromatic heterocycles. The smallest absolute Gasteiger partial charge is 0.0391 e. The van der Waals surface area contributed by atoms with E-state index in [1.54, 1.807) is 5.56 Å². The third kappa shape index (κ3) is 2.21. The molecule has 2 nitrogen and oxygen atoms in total. The standard InChI is InChI=1S/C17H24N2/c18-11-15-8-9-19(16-6-7-16)17(15)14-3-1-2-13(10-14)12-4-5-12/h1-3,10,12,15-17H,4-9,11,18H2. The van der Waals surface area contributed by atoms with Gasteiger partial charge in [0.25, 0.3) is 0 Å². The summed E-state index contributed by atoms with van der Waals surface area (Å²) in [6.45, 7) is 2.09. The summed E-state index contributed by atoms with van der Waals surface area (Å²) in [7, 11) is 0. The Hall–Kier alpha value is -0.860. The fourth-order valence-electron chi connectivity index (χ4n) is 3.82. The number of hydrogen-bond donors (Lipinski definition) is 1. The van der Waals surface area contributed by atoms with Crippen LogP contribution in [0.1, 0.15) is 55.2 Å². The zero-order valence-corrected chi connectivity index (χ0v) is 11.6. The summed E-state index contributed by atoms with van der Waals surface area (Å²) >= 11 is 0. The Kier molecular flexibility index (Phi) is 2.89. The normalized spacial score (nSPS) is 31.8. The number of rotatable bonds is 4. The van der Waals surface area contributed by atoms with Gasteiger partial charge in [-0.05, 0) is 68.2 Å². The molecule has 2 unspecified atom stereocenters. The molecule has 19 heavy (non-hydrogen) atoms. The minimum atomic E-state index is 0.594. The van der Waals surface area contributed by atoms with Crippen LogP contribution in [0.5, 0.6) is 0 Å². The van der Waals surface area contributed by atoms with Crippen LogP contribution in [-0.4, -0.2) is 24.0 Å². The van der Waals surface area contributed by atoms with Gasteiger partial charge in [-0.1, -0.05) is 24.3 Å². The lowest BCUT2D eigenvalue weighted by atomic mass is 9.92. The van der Waals surface area contributed by atoms with Gasteiger partial charge in [-0.25, -0.2) is 0 Å². The molecule has 2 aliphatic carbocycles. The summed E-state index contributed by atoms with van der Waals surface area (Å²) in [6, 6.07) is 10.8. The Labute approximate surface area is 116 Å². The van der Waals surface area contributed by atoms with Crippen molar-refractivity contribution in [3.8, 4) is 0 Å². The molecule has 2 N–H and O–H groups in total. The molecule has 1 heterocycles. The van der Waals surface area contributed by atoms with Crippen LogP contribution in [0.2, 0.25) is 0 Å². The van der Waals surface area contributed by atoms with E-state index in [0.717, 1.165) is 18.5 Å². The summed E-state index contributed by atoms with van der Waals surface area (Å²) in [6.07, 6.45) is 6.86. The van der Waals surface area contributed by atoms with Crippen molar-refractivity contribution in [1.29, 1.82) is 0 Å². The molecule has 1 aromatic carbocycles. The molecule has 1 saturated heterocycles. The van der Waals surface area contributed by atoms with Crippen LogP contribution in [0.4, 0.5) is 0 Å². The van der Waals surface area contributed by atoms with E-state index in [1.165, 1.54) is 44.2 Å². The molecule has 1 aliphatic heterocycles. The molecule has 0 bridgehead atoms. The lowest BCUT2D eigenvalue weighted by Crippen LogP contribution is -2.30. The van der Waals surface area contributed by atoms with Crippen LogP contribution < -0.4 is 5.73 Å². The maximum atomic E-state index is 6.03. The number of nitrogens with zero attached hydrogens (tertiary/aromatic N) is 1. The highest BCUT2D eigenvalue weighted by Gasteiger charge is 2.42. The van der Waals surface area contributed by atoms with E-state index >= 15 is 0 Å². The lowest BCUT2D eigenvalue weighted by molar-refractivity contribution is 0.220. The first kappa shape index (κ1) is 11.9. The van der Waals surface area contributed by atoms with E-state index in [1.807, 2.05) is 0 Å². The zero-order chi connectivity index (χ0) is 12.8. The van der Waals surface area contributed by atoms with Gasteiger partial charge in [0.05, 0.1) is 0 Å². The summed E-state index contributed by atoms with van der Waals surface area (Å²) in [5.41, 5.74) is 9.13. The van der Waals surface area contributed by atoms with Crippen LogP contribution in [-0.2, 0) is 0 Å². The van der Waals surface area contributed by atoms with Gasteiger partial charge >= 0.3 is 0 Å². The molecule has 0 spiro atoms. The zero-order valence-electron chi connectivity index (χ0n) is 11.6. The first-order chi connectivity index (χ1) is 9.36. The summed E-state index contributed by atoms with van der Waals surface area (Å²) in [5.74, 6) is 1.52. The molecule has 2 atom stereocenters. The van der Waals surface area contributed by atoms with Gasteiger partial charge in [0, 0.05) is 12.1 Å². The van der Waals surface area contributed by atoms with Crippen molar-refractivity contribution in [3.63, 3.8) is 0 Å². The molecule has 1 aromatic rings. The molecule has 3 aliphatic rings. The second-order valence-electron chi connectivity index (χ2n) is 6.64. The van der Waals surface area contributed by atoms with Crippen molar-refractivity contribution in [2.24, 2.45) is 11.7 Å². The third-order valence-electron chi connectivity index (χ3n) is 5.18. The van der Waals surface area contributed by atoms with Crippen molar-refractivity contribution in [1.82, 2.24) is 4.90 Å². The van der Waals surface area contributed by atoms with Crippen molar-refractivity contribution in [2.75, 3.05) is 13.1 Å². The van der Waals surface area contributed by atoms with Crippen LogP contribution in [0.15, 0.2) is 24.3 Å². The molecule has 2 saturated carbocycles. The maximum Gasteiger partial charge on any atom is 0.0391 e. The molecular weight excluding hydrogens is 232 g/mol. The number of benzene rings is 1. The number of likely N-dealkylation sites (tertiary alicyclic amines) is 1. The minimum Gasteiger partial charge on any atom is -0.330 e. The fourth-order valence-corrected chi connectivity index (χ4v) is 3.82. The lowest BCUT2D eigenvalue weighted by Gasteiger charge is -2.28. The molecular formula is C17H24N2. The minimum absolute atomic E-state index is 0.594. The van der Waals surface area contributed by atoms with Crippen LogP contribution in [0, 0.1) is 5.92 Å². The van der Waals surface area contributed by atoms with Crippen molar-refractivity contribution < 1.29 is 0 Å². The highest BCUT2D eigenvalue weighted by molar-refractivity contribution is 5.32. The molecule has 4 rings (SSSR count). The summed E-state index contributed by atoms with van der Waals surface area (Å²) < 4.78 is 0. The monoisotopic (exact) mass is 256 g/mol. The average molecular weight is 256 g/mol. The van der Waals surface area contributed by atoms with Gasteiger partial charge in [0.2, 0.25) is 0 Å². The van der Waals surface area contributed by atoms with Gasteiger partial charge in [0.15, 0.2) is 0 Å². The Bertz CT molecular complexity index is 462. The van der Waals surface area contributed by atoms with Crippen LogP contribution in [0.3, 0.4) is 0 Å². The number of hydrogen-bond acceptors (Lipinski definition) is 2. The van der Waals surface area contributed by atoms with E-state index in [-0.39, 0.29) is 0 Å². The highest BCUT2D eigenvalue weighted by atomic mass is 15.2. The van der Waals surface area contributed by atoms with Crippen molar-refractivity contribution in [2.45, 2.75) is 50.1 Å². The van der Waals surface area contributed by atoms with E-state index in [2.05, 4.69) is 29.2 Å². The molecule has 0 amide bonds. The highest BCUT2D eigenvalue weighted by Crippen LogP contribution is 2.46. The Morgan fingerprint density at radius 1 is 1.05 bits per heavy atom. The van der Waals surface area contributed by atoms with Gasteiger partial charge in [-0.15, -0.1) is 0 Å². The molecule has 102 valence electrons. The van der Waals surface area contributed by atoms with E-state index in [0.29, 0.717) is 12.0 Å². The Balaban J connectivity index is 1.65. The second kappa shape index (κ2) is 4.60. The van der Waals surface area contributed by atoms with Gasteiger partial charge in [-0.3, -0.25) is 4.90 Å². The first-order valence-electron chi connectivity index (χ1n) is 7.92. The SMILES string of the molecule is NCC1CCN(C2CC2)C1c1cccc(C2CC2)c1. The quantitative estimate of drug-likeness (QED) is 0.897. The van der Waals surface area contributed by atoms with E-state index in [9.17, 15) is 0 Å². The second-order valence-corrected chi connectivity index (χ2v) is 6.64. The van der Waals surface area contributed by atoms with Crippen molar-refractivity contribution in [3.05, 3.63) is 35.4 Å². The van der Waals surface area contributed by atoms with Gasteiger partial charge < -0.3 is 5.73 Å². The predicted molar refractivity (Wildman–Crippen MR) is 78.0 cm³/mol. The summed E-state index contributed by atoms with van der Waals surface area (Å²) in [5, 5.41) is 0. The molecule has 0 radical (unpaired) electrons. The predicted octanol–water partition coefficient (Wildman–Crippen LogP) is 3.05. The topological polar surface area (TPSA) is 29.3 Å². The Morgan fingerprint density at radius 2 is 1.84 bits per heavy atom. The van der Waals surface area contributed by atoms with E-state index in [4.69, 9.17) is 5.73 Å². The molecule has 3 fully saturated rings. The first-order valence-corrected chi connectivity index (χ1v) is 7.92. The maximum absolute atomic E-state index is 6.03. The summed E-state index contributed by atoms with van der Waals surface area (Å²) in [4.78, 5) is 2.74.